The first kappa shape index (κ1) is 13.1. The van der Waals surface area contributed by atoms with E-state index in [2.05, 4.69) is 19.8 Å². The van der Waals surface area contributed by atoms with Gasteiger partial charge in [-0.1, -0.05) is 0 Å². The lowest BCUT2D eigenvalue weighted by atomic mass is 10.3. The minimum absolute atomic E-state index is 0.696. The molecule has 0 aromatic carbocycles. The summed E-state index contributed by atoms with van der Waals surface area (Å²) in [6.07, 6.45) is 4.89. The Bertz CT molecular complexity index is 699. The fourth-order valence-corrected chi connectivity index (χ4v) is 2.88. The standard InChI is InChI=1S/C13H17N5OS/c1-17-6-4-10(16-17)3-5-14-9-11-12(19-2)15-13-18(11)7-8-20-13/h4,6-8,14H,3,5,9H2,1-2H3. The van der Waals surface area contributed by atoms with Crippen LogP contribution in [0.5, 0.6) is 5.88 Å². The molecule has 106 valence electrons. The predicted molar refractivity (Wildman–Crippen MR) is 78.2 cm³/mol. The van der Waals surface area contributed by atoms with Gasteiger partial charge in [0, 0.05) is 44.3 Å². The zero-order valence-electron chi connectivity index (χ0n) is 11.5. The van der Waals surface area contributed by atoms with E-state index in [9.17, 15) is 0 Å². The van der Waals surface area contributed by atoms with Gasteiger partial charge in [-0.3, -0.25) is 9.08 Å². The summed E-state index contributed by atoms with van der Waals surface area (Å²) in [6.45, 7) is 1.60. The molecule has 3 rings (SSSR count). The molecule has 0 saturated heterocycles. The zero-order chi connectivity index (χ0) is 13.9. The van der Waals surface area contributed by atoms with Crippen molar-refractivity contribution in [2.45, 2.75) is 13.0 Å². The summed E-state index contributed by atoms with van der Waals surface area (Å²) in [7, 11) is 3.59. The van der Waals surface area contributed by atoms with Gasteiger partial charge in [-0.15, -0.1) is 11.3 Å². The highest BCUT2D eigenvalue weighted by molar-refractivity contribution is 7.15. The van der Waals surface area contributed by atoms with Gasteiger partial charge in [0.25, 0.3) is 0 Å². The Morgan fingerprint density at radius 2 is 2.30 bits per heavy atom. The van der Waals surface area contributed by atoms with Crippen molar-refractivity contribution in [2.24, 2.45) is 7.05 Å². The number of rotatable bonds is 6. The van der Waals surface area contributed by atoms with Crippen LogP contribution in [0, 0.1) is 0 Å². The third kappa shape index (κ3) is 2.54. The molecule has 20 heavy (non-hydrogen) atoms. The first-order valence-corrected chi connectivity index (χ1v) is 7.33. The van der Waals surface area contributed by atoms with Gasteiger partial charge < -0.3 is 10.1 Å². The number of aromatic nitrogens is 4. The summed E-state index contributed by atoms with van der Waals surface area (Å²) in [4.78, 5) is 5.40. The van der Waals surface area contributed by atoms with Crippen LogP contribution in [0.2, 0.25) is 0 Å². The fraction of sp³-hybridized carbons (Fsp3) is 0.385. The van der Waals surface area contributed by atoms with Gasteiger partial charge in [-0.05, 0) is 6.07 Å². The van der Waals surface area contributed by atoms with E-state index in [1.54, 1.807) is 18.4 Å². The molecule has 0 aliphatic rings. The maximum atomic E-state index is 5.33. The monoisotopic (exact) mass is 291 g/mol. The summed E-state index contributed by atoms with van der Waals surface area (Å²) in [5.74, 6) is 0.696. The highest BCUT2D eigenvalue weighted by atomic mass is 32.1. The Labute approximate surface area is 121 Å². The van der Waals surface area contributed by atoms with Gasteiger partial charge in [-0.25, -0.2) is 0 Å². The topological polar surface area (TPSA) is 56.4 Å². The van der Waals surface area contributed by atoms with Gasteiger partial charge >= 0.3 is 0 Å². The van der Waals surface area contributed by atoms with Gasteiger partial charge in [0.2, 0.25) is 5.88 Å². The average molecular weight is 291 g/mol. The quantitative estimate of drug-likeness (QED) is 0.699. The second-order valence-corrected chi connectivity index (χ2v) is 5.40. The Morgan fingerprint density at radius 3 is 3.05 bits per heavy atom. The first-order valence-electron chi connectivity index (χ1n) is 6.45. The molecule has 7 heteroatoms. The number of ether oxygens (including phenoxy) is 1. The number of fused-ring (bicyclic) bond motifs is 1. The van der Waals surface area contributed by atoms with Crippen molar-refractivity contribution in [3.05, 3.63) is 35.2 Å². The lowest BCUT2D eigenvalue weighted by Gasteiger charge is -2.05. The number of aryl methyl sites for hydroxylation is 1. The fourth-order valence-electron chi connectivity index (χ4n) is 2.16. The van der Waals surface area contributed by atoms with Crippen LogP contribution in [-0.4, -0.2) is 32.8 Å². The van der Waals surface area contributed by atoms with Crippen LogP contribution >= 0.6 is 11.3 Å². The van der Waals surface area contributed by atoms with Gasteiger partial charge in [0.15, 0.2) is 4.96 Å². The molecule has 3 aromatic heterocycles. The van der Waals surface area contributed by atoms with E-state index in [0.29, 0.717) is 5.88 Å². The minimum atomic E-state index is 0.696. The van der Waals surface area contributed by atoms with E-state index < -0.39 is 0 Å². The van der Waals surface area contributed by atoms with Crippen LogP contribution in [-0.2, 0) is 20.0 Å². The summed E-state index contributed by atoms with van der Waals surface area (Å²) in [6, 6.07) is 2.04. The third-order valence-electron chi connectivity index (χ3n) is 3.14. The Kier molecular flexibility index (Phi) is 3.70. The van der Waals surface area contributed by atoms with E-state index in [4.69, 9.17) is 4.74 Å². The molecule has 0 radical (unpaired) electrons. The normalized spacial score (nSPS) is 11.3. The largest absolute Gasteiger partial charge is 0.480 e. The molecule has 0 amide bonds. The van der Waals surface area contributed by atoms with E-state index in [1.165, 1.54) is 0 Å². The highest BCUT2D eigenvalue weighted by Crippen LogP contribution is 2.22. The second-order valence-electron chi connectivity index (χ2n) is 4.53. The maximum absolute atomic E-state index is 5.33. The summed E-state index contributed by atoms with van der Waals surface area (Å²) < 4.78 is 9.22. The molecular formula is C13H17N5OS. The number of hydrogen-bond donors (Lipinski definition) is 1. The molecule has 0 bridgehead atoms. The number of nitrogens with zero attached hydrogens (tertiary/aromatic N) is 4. The molecule has 0 spiro atoms. The molecule has 1 N–H and O–H groups in total. The lowest BCUT2D eigenvalue weighted by molar-refractivity contribution is 0.393. The van der Waals surface area contributed by atoms with Crippen LogP contribution < -0.4 is 10.1 Å². The Hall–Kier alpha value is -1.86. The summed E-state index contributed by atoms with van der Waals surface area (Å²) in [5, 5.41) is 9.80. The summed E-state index contributed by atoms with van der Waals surface area (Å²) in [5.41, 5.74) is 2.16. The average Bonchev–Trinajstić information content (AvgIpc) is 3.11. The first-order chi connectivity index (χ1) is 9.78. The van der Waals surface area contributed by atoms with Crippen LogP contribution in [0.15, 0.2) is 23.8 Å². The third-order valence-corrected chi connectivity index (χ3v) is 3.89. The molecule has 0 unspecified atom stereocenters. The number of hydrogen-bond acceptors (Lipinski definition) is 5. The van der Waals surface area contributed by atoms with Gasteiger partial charge in [0.05, 0.1) is 12.8 Å². The lowest BCUT2D eigenvalue weighted by Crippen LogP contribution is -2.18. The van der Waals surface area contributed by atoms with Crippen molar-refractivity contribution in [3.63, 3.8) is 0 Å². The molecule has 0 saturated carbocycles. The second kappa shape index (κ2) is 5.64. The van der Waals surface area contributed by atoms with Crippen LogP contribution in [0.1, 0.15) is 11.4 Å². The van der Waals surface area contributed by atoms with Crippen LogP contribution in [0.4, 0.5) is 0 Å². The number of thiazole rings is 1. The Morgan fingerprint density at radius 1 is 1.40 bits per heavy atom. The van der Waals surface area contributed by atoms with Crippen molar-refractivity contribution < 1.29 is 4.74 Å². The van der Waals surface area contributed by atoms with Gasteiger partial charge in [-0.2, -0.15) is 10.1 Å². The molecule has 0 atom stereocenters. The molecule has 0 aliphatic carbocycles. The van der Waals surface area contributed by atoms with Gasteiger partial charge in [0.1, 0.15) is 5.69 Å². The summed E-state index contributed by atoms with van der Waals surface area (Å²) >= 11 is 1.61. The van der Waals surface area contributed by atoms with E-state index in [1.807, 2.05) is 35.6 Å². The van der Waals surface area contributed by atoms with Crippen molar-refractivity contribution in [1.82, 2.24) is 24.5 Å². The number of imidazole rings is 1. The Balaban J connectivity index is 1.60. The van der Waals surface area contributed by atoms with Crippen molar-refractivity contribution in [1.29, 1.82) is 0 Å². The molecule has 6 nitrogen and oxygen atoms in total. The molecule has 3 aromatic rings. The molecule has 0 fully saturated rings. The molecular weight excluding hydrogens is 274 g/mol. The van der Waals surface area contributed by atoms with Crippen LogP contribution in [0.3, 0.4) is 0 Å². The predicted octanol–water partition coefficient (Wildman–Crippen LogP) is 1.47. The van der Waals surface area contributed by atoms with E-state index in [0.717, 1.165) is 35.9 Å². The molecule has 0 aliphatic heterocycles. The van der Waals surface area contributed by atoms with E-state index in [-0.39, 0.29) is 0 Å². The minimum Gasteiger partial charge on any atom is -0.480 e. The van der Waals surface area contributed by atoms with Crippen molar-refractivity contribution in [2.75, 3.05) is 13.7 Å². The van der Waals surface area contributed by atoms with Crippen molar-refractivity contribution in [3.8, 4) is 5.88 Å². The smallest absolute Gasteiger partial charge is 0.237 e. The van der Waals surface area contributed by atoms with E-state index >= 15 is 0 Å². The van der Waals surface area contributed by atoms with Crippen molar-refractivity contribution >= 4 is 16.3 Å². The van der Waals surface area contributed by atoms with Crippen LogP contribution in [0.25, 0.3) is 4.96 Å². The highest BCUT2D eigenvalue weighted by Gasteiger charge is 2.12. The zero-order valence-corrected chi connectivity index (χ0v) is 12.4. The maximum Gasteiger partial charge on any atom is 0.237 e. The number of methoxy groups -OCH3 is 1. The number of nitrogens with one attached hydrogen (secondary N) is 1. The molecule has 3 heterocycles. The SMILES string of the molecule is COc1nc2sccn2c1CNCCc1ccn(C)n1.